The van der Waals surface area contributed by atoms with Crippen LogP contribution in [0.2, 0.25) is 0 Å². The molecule has 0 atom stereocenters. The number of piperazine rings is 1. The first-order valence-electron chi connectivity index (χ1n) is 6.99. The Morgan fingerprint density at radius 3 is 2.76 bits per heavy atom. The molecule has 1 fully saturated rings. The Kier molecular flexibility index (Phi) is 3.08. The highest BCUT2D eigenvalue weighted by Gasteiger charge is 2.21. The highest BCUT2D eigenvalue weighted by Crippen LogP contribution is 2.32. The molecule has 0 spiro atoms. The Hall–Kier alpha value is -1.66. The lowest BCUT2D eigenvalue weighted by molar-refractivity contribution is 0.312. The number of nitrogens with zero attached hydrogens (tertiary/aromatic N) is 4. The van der Waals surface area contributed by atoms with E-state index in [9.17, 15) is 0 Å². The van der Waals surface area contributed by atoms with Crippen LogP contribution in [-0.2, 0) is 0 Å². The molecule has 0 amide bonds. The molecule has 6 heteroatoms. The van der Waals surface area contributed by atoms with Gasteiger partial charge in [0.1, 0.15) is 6.26 Å². The summed E-state index contributed by atoms with van der Waals surface area (Å²) in [6.07, 6.45) is 1.72. The molecule has 1 aliphatic rings. The number of hydrogen-bond acceptors (Lipinski definition) is 5. The van der Waals surface area contributed by atoms with Crippen molar-refractivity contribution in [2.45, 2.75) is 0 Å². The van der Waals surface area contributed by atoms with Gasteiger partial charge in [-0.15, -0.1) is 0 Å². The number of rotatable bonds is 1. The quantitative estimate of drug-likeness (QED) is 0.677. The number of aromatic nitrogens is 2. The molecule has 1 aliphatic heterocycles. The van der Waals surface area contributed by atoms with Gasteiger partial charge in [-0.3, -0.25) is 0 Å². The van der Waals surface area contributed by atoms with Crippen LogP contribution in [0.25, 0.3) is 21.8 Å². The molecule has 0 aliphatic carbocycles. The third-order valence-electron chi connectivity index (χ3n) is 4.06. The Morgan fingerprint density at radius 2 is 1.95 bits per heavy atom. The third-order valence-corrected chi connectivity index (χ3v) is 4.55. The standard InChI is InChI=1S/C15H15BrN4O/c1-19-4-6-20(7-5-19)15-14-12(9-21-18-14)11-3-2-10(16)8-13(11)17-15/h2-3,8-9H,4-7H2,1H3. The molecule has 5 nitrogen and oxygen atoms in total. The largest absolute Gasteiger partial charge is 0.363 e. The van der Waals surface area contributed by atoms with Gasteiger partial charge in [0.25, 0.3) is 0 Å². The van der Waals surface area contributed by atoms with E-state index < -0.39 is 0 Å². The fourth-order valence-corrected chi connectivity index (χ4v) is 3.17. The molecular formula is C15H15BrN4O. The lowest BCUT2D eigenvalue weighted by atomic mass is 10.1. The molecule has 0 bridgehead atoms. The second-order valence-electron chi connectivity index (χ2n) is 5.46. The number of benzene rings is 1. The van der Waals surface area contributed by atoms with Gasteiger partial charge in [0.2, 0.25) is 0 Å². The topological polar surface area (TPSA) is 45.4 Å². The van der Waals surface area contributed by atoms with E-state index in [0.29, 0.717) is 0 Å². The van der Waals surface area contributed by atoms with E-state index in [1.54, 1.807) is 6.26 Å². The van der Waals surface area contributed by atoms with Gasteiger partial charge in [-0.2, -0.15) is 0 Å². The molecule has 1 saturated heterocycles. The van der Waals surface area contributed by atoms with Crippen molar-refractivity contribution in [3.05, 3.63) is 28.9 Å². The smallest absolute Gasteiger partial charge is 0.159 e. The van der Waals surface area contributed by atoms with Crippen LogP contribution in [0.5, 0.6) is 0 Å². The van der Waals surface area contributed by atoms with E-state index in [1.165, 1.54) is 0 Å². The van der Waals surface area contributed by atoms with Crippen molar-refractivity contribution in [3.63, 3.8) is 0 Å². The van der Waals surface area contributed by atoms with Gasteiger partial charge < -0.3 is 14.3 Å². The summed E-state index contributed by atoms with van der Waals surface area (Å²) < 4.78 is 6.25. The minimum absolute atomic E-state index is 0.856. The highest BCUT2D eigenvalue weighted by molar-refractivity contribution is 9.10. The number of anilines is 1. The predicted octanol–water partition coefficient (Wildman–Crippen LogP) is 2.89. The second kappa shape index (κ2) is 4.96. The van der Waals surface area contributed by atoms with Crippen LogP contribution < -0.4 is 4.90 Å². The number of fused-ring (bicyclic) bond motifs is 3. The maximum absolute atomic E-state index is 5.22. The fraction of sp³-hybridized carbons (Fsp3) is 0.333. The van der Waals surface area contributed by atoms with E-state index in [-0.39, 0.29) is 0 Å². The molecule has 1 aromatic carbocycles. The van der Waals surface area contributed by atoms with Crippen LogP contribution >= 0.6 is 15.9 Å². The van der Waals surface area contributed by atoms with Crippen molar-refractivity contribution in [2.24, 2.45) is 0 Å². The molecule has 3 heterocycles. The number of likely N-dealkylation sites (N-methyl/N-ethyl adjacent to an activating group) is 1. The maximum atomic E-state index is 5.22. The second-order valence-corrected chi connectivity index (χ2v) is 6.38. The SMILES string of the molecule is CN1CCN(c2nc3cc(Br)ccc3c3conc23)CC1. The highest BCUT2D eigenvalue weighted by atomic mass is 79.9. The molecule has 4 rings (SSSR count). The van der Waals surface area contributed by atoms with E-state index in [4.69, 9.17) is 9.51 Å². The van der Waals surface area contributed by atoms with E-state index >= 15 is 0 Å². The summed E-state index contributed by atoms with van der Waals surface area (Å²) in [6, 6.07) is 6.12. The van der Waals surface area contributed by atoms with Crippen LogP contribution in [0.15, 0.2) is 33.5 Å². The third kappa shape index (κ3) is 2.18. The Bertz CT molecular complexity index is 808. The Morgan fingerprint density at radius 1 is 1.14 bits per heavy atom. The van der Waals surface area contributed by atoms with Gasteiger partial charge in [-0.1, -0.05) is 27.2 Å². The van der Waals surface area contributed by atoms with Gasteiger partial charge in [-0.05, 0) is 19.2 Å². The van der Waals surface area contributed by atoms with Crippen LogP contribution in [0.3, 0.4) is 0 Å². The van der Waals surface area contributed by atoms with Crippen LogP contribution in [0, 0.1) is 0 Å². The molecule has 108 valence electrons. The lowest BCUT2D eigenvalue weighted by Gasteiger charge is -2.33. The molecule has 0 N–H and O–H groups in total. The monoisotopic (exact) mass is 346 g/mol. The molecule has 0 unspecified atom stereocenters. The molecule has 0 saturated carbocycles. The van der Waals surface area contributed by atoms with Crippen molar-refractivity contribution in [1.29, 1.82) is 0 Å². The summed E-state index contributed by atoms with van der Waals surface area (Å²) in [5.41, 5.74) is 1.82. The first kappa shape index (κ1) is 13.0. The molecule has 3 aromatic rings. The van der Waals surface area contributed by atoms with E-state index in [1.807, 2.05) is 12.1 Å². The van der Waals surface area contributed by atoms with Crippen LogP contribution in [0.4, 0.5) is 5.82 Å². The zero-order valence-corrected chi connectivity index (χ0v) is 13.3. The van der Waals surface area contributed by atoms with Crippen molar-refractivity contribution in [3.8, 4) is 0 Å². The van der Waals surface area contributed by atoms with Crippen molar-refractivity contribution in [2.75, 3.05) is 38.1 Å². The Labute approximate surface area is 130 Å². The summed E-state index contributed by atoms with van der Waals surface area (Å²) in [6.45, 7) is 4.00. The minimum Gasteiger partial charge on any atom is -0.363 e. The molecule has 2 aromatic heterocycles. The summed E-state index contributed by atoms with van der Waals surface area (Å²) in [5, 5.41) is 6.29. The van der Waals surface area contributed by atoms with Crippen molar-refractivity contribution >= 4 is 43.6 Å². The minimum atomic E-state index is 0.856. The number of halogens is 1. The number of pyridine rings is 1. The first-order valence-corrected chi connectivity index (χ1v) is 7.78. The average Bonchev–Trinajstić information content (AvgIpc) is 2.96. The molecule has 21 heavy (non-hydrogen) atoms. The summed E-state index contributed by atoms with van der Waals surface area (Å²) in [4.78, 5) is 9.46. The molecule has 0 radical (unpaired) electrons. The molecular weight excluding hydrogens is 332 g/mol. The summed E-state index contributed by atoms with van der Waals surface area (Å²) in [5.74, 6) is 0.928. The first-order chi connectivity index (χ1) is 10.2. The van der Waals surface area contributed by atoms with Gasteiger partial charge in [0, 0.05) is 36.0 Å². The van der Waals surface area contributed by atoms with Gasteiger partial charge in [0.15, 0.2) is 11.3 Å². The zero-order valence-electron chi connectivity index (χ0n) is 11.7. The van der Waals surface area contributed by atoms with E-state index in [2.05, 4.69) is 44.0 Å². The van der Waals surface area contributed by atoms with Gasteiger partial charge in [-0.25, -0.2) is 4.98 Å². The number of hydrogen-bond donors (Lipinski definition) is 0. The van der Waals surface area contributed by atoms with Crippen LogP contribution in [0.1, 0.15) is 0 Å². The van der Waals surface area contributed by atoms with Gasteiger partial charge in [0.05, 0.1) is 10.9 Å². The van der Waals surface area contributed by atoms with Crippen molar-refractivity contribution < 1.29 is 4.52 Å². The lowest BCUT2D eigenvalue weighted by Crippen LogP contribution is -2.44. The fourth-order valence-electron chi connectivity index (χ4n) is 2.82. The van der Waals surface area contributed by atoms with Crippen molar-refractivity contribution in [1.82, 2.24) is 15.0 Å². The average molecular weight is 347 g/mol. The summed E-state index contributed by atoms with van der Waals surface area (Å²) in [7, 11) is 2.15. The zero-order chi connectivity index (χ0) is 14.4. The van der Waals surface area contributed by atoms with Crippen LogP contribution in [-0.4, -0.2) is 48.3 Å². The van der Waals surface area contributed by atoms with Gasteiger partial charge >= 0.3 is 0 Å². The maximum Gasteiger partial charge on any atom is 0.159 e. The summed E-state index contributed by atoms with van der Waals surface area (Å²) >= 11 is 3.52. The Balaban J connectivity index is 1.92. The predicted molar refractivity (Wildman–Crippen MR) is 86.7 cm³/mol. The normalized spacial score (nSPS) is 17.0. The van der Waals surface area contributed by atoms with E-state index in [0.717, 1.165) is 58.3 Å².